The Morgan fingerprint density at radius 1 is 1.29 bits per heavy atom. The maximum absolute atomic E-state index is 12.0. The van der Waals surface area contributed by atoms with Crippen molar-refractivity contribution in [3.63, 3.8) is 0 Å². The molecule has 24 heavy (non-hydrogen) atoms. The van der Waals surface area contributed by atoms with E-state index in [0.717, 1.165) is 19.6 Å². The molecule has 0 saturated heterocycles. The van der Waals surface area contributed by atoms with Gasteiger partial charge in [0.2, 0.25) is 5.91 Å². The molecule has 0 saturated carbocycles. The molecule has 0 spiro atoms. The lowest BCUT2D eigenvalue weighted by atomic mass is 10.2. The van der Waals surface area contributed by atoms with Crippen molar-refractivity contribution >= 4 is 61.7 Å². The topological polar surface area (TPSA) is 94.1 Å². The van der Waals surface area contributed by atoms with E-state index in [1.54, 1.807) is 18.2 Å². The molecule has 0 aliphatic carbocycles. The maximum atomic E-state index is 12.0. The molecule has 2 aromatic heterocycles. The van der Waals surface area contributed by atoms with E-state index in [1.807, 2.05) is 6.92 Å². The summed E-state index contributed by atoms with van der Waals surface area (Å²) in [6.07, 6.45) is 0. The number of aromatic nitrogens is 3. The molecule has 0 aliphatic heterocycles. The number of carbonyl (C=O) groups is 2. The number of benzene rings is 1. The predicted octanol–water partition coefficient (Wildman–Crippen LogP) is 2.97. The fourth-order valence-electron chi connectivity index (χ4n) is 1.84. The van der Waals surface area contributed by atoms with Crippen LogP contribution in [-0.4, -0.2) is 39.9 Å². The second-order valence-corrected chi connectivity index (χ2v) is 8.05. The quantitative estimate of drug-likeness (QED) is 0.537. The molecule has 1 aromatic carbocycles. The summed E-state index contributed by atoms with van der Waals surface area (Å²) in [5.74, 6) is -0.336. The number of hydrogen-bond donors (Lipinski definition) is 1. The SMILES string of the molecule is COC(=O)c1ccc2nc(NC(=O)CSc3nnc(C)s3)sc2c1. The fourth-order valence-corrected chi connectivity index (χ4v) is 4.38. The second-order valence-electron chi connectivity index (χ2n) is 4.62. The Bertz CT molecular complexity index is 906. The number of nitrogens with zero attached hydrogens (tertiary/aromatic N) is 3. The molecule has 3 rings (SSSR count). The van der Waals surface area contributed by atoms with E-state index < -0.39 is 5.97 Å². The summed E-state index contributed by atoms with van der Waals surface area (Å²) in [6.45, 7) is 1.87. The smallest absolute Gasteiger partial charge is 0.337 e. The molecular formula is C14H12N4O3S3. The van der Waals surface area contributed by atoms with E-state index >= 15 is 0 Å². The molecule has 2 heterocycles. The van der Waals surface area contributed by atoms with E-state index in [2.05, 4.69) is 20.5 Å². The molecule has 0 unspecified atom stereocenters. The van der Waals surface area contributed by atoms with Crippen LogP contribution < -0.4 is 5.32 Å². The molecule has 0 bridgehead atoms. The summed E-state index contributed by atoms with van der Waals surface area (Å²) in [6, 6.07) is 5.08. The number of amides is 1. The first kappa shape index (κ1) is 16.8. The average Bonchev–Trinajstić information content (AvgIpc) is 3.16. The molecule has 1 amide bonds. The molecule has 0 radical (unpaired) electrons. The minimum atomic E-state index is -0.403. The van der Waals surface area contributed by atoms with Crippen molar-refractivity contribution in [2.45, 2.75) is 11.3 Å². The van der Waals surface area contributed by atoms with Crippen LogP contribution in [0.1, 0.15) is 15.4 Å². The summed E-state index contributed by atoms with van der Waals surface area (Å²) >= 11 is 4.09. The van der Waals surface area contributed by atoms with Gasteiger partial charge in [-0.2, -0.15) is 0 Å². The zero-order valence-corrected chi connectivity index (χ0v) is 15.2. The van der Waals surface area contributed by atoms with Crippen molar-refractivity contribution in [3.05, 3.63) is 28.8 Å². The summed E-state index contributed by atoms with van der Waals surface area (Å²) in [4.78, 5) is 27.9. The highest BCUT2D eigenvalue weighted by Crippen LogP contribution is 2.28. The van der Waals surface area contributed by atoms with Crippen molar-refractivity contribution in [3.8, 4) is 0 Å². The molecule has 7 nitrogen and oxygen atoms in total. The maximum Gasteiger partial charge on any atom is 0.337 e. The Morgan fingerprint density at radius 3 is 2.83 bits per heavy atom. The number of fused-ring (bicyclic) bond motifs is 1. The van der Waals surface area contributed by atoms with Gasteiger partial charge in [0.1, 0.15) is 5.01 Å². The van der Waals surface area contributed by atoms with Crippen LogP contribution in [0.25, 0.3) is 10.2 Å². The zero-order chi connectivity index (χ0) is 17.1. The Morgan fingerprint density at radius 2 is 2.12 bits per heavy atom. The first-order valence-electron chi connectivity index (χ1n) is 6.77. The molecule has 1 N–H and O–H groups in total. The molecule has 0 atom stereocenters. The van der Waals surface area contributed by atoms with Crippen molar-refractivity contribution < 1.29 is 14.3 Å². The van der Waals surface area contributed by atoms with E-state index in [4.69, 9.17) is 4.74 Å². The summed E-state index contributed by atoms with van der Waals surface area (Å²) in [5, 5.41) is 12.0. The van der Waals surface area contributed by atoms with Gasteiger partial charge in [-0.05, 0) is 25.1 Å². The van der Waals surface area contributed by atoms with Crippen LogP contribution in [0.2, 0.25) is 0 Å². The minimum absolute atomic E-state index is 0.167. The minimum Gasteiger partial charge on any atom is -0.465 e. The fraction of sp³-hybridized carbons (Fsp3) is 0.214. The van der Waals surface area contributed by atoms with Crippen LogP contribution in [-0.2, 0) is 9.53 Å². The molecule has 124 valence electrons. The standard InChI is InChI=1S/C14H12N4O3S3/c1-7-17-18-14(23-7)22-6-11(19)16-13-15-9-4-3-8(12(20)21-2)5-10(9)24-13/h3-5H,6H2,1-2H3,(H,15,16,19). The normalized spacial score (nSPS) is 10.8. The van der Waals surface area contributed by atoms with Crippen LogP contribution in [0.5, 0.6) is 0 Å². The van der Waals surface area contributed by atoms with Crippen molar-refractivity contribution in [1.82, 2.24) is 15.2 Å². The number of thiazole rings is 1. The van der Waals surface area contributed by atoms with E-state index in [9.17, 15) is 9.59 Å². The second kappa shape index (κ2) is 7.24. The Hall–Kier alpha value is -2.04. The number of carbonyl (C=O) groups excluding carboxylic acids is 2. The Balaban J connectivity index is 1.66. The monoisotopic (exact) mass is 380 g/mol. The first-order chi connectivity index (χ1) is 11.5. The average molecular weight is 380 g/mol. The molecule has 0 aliphatic rings. The third-order valence-corrected chi connectivity index (χ3v) is 5.80. The Kier molecular flexibility index (Phi) is 5.07. The third-order valence-electron chi connectivity index (χ3n) is 2.89. The number of esters is 1. The number of thioether (sulfide) groups is 1. The number of ether oxygens (including phenoxy) is 1. The highest BCUT2D eigenvalue weighted by Gasteiger charge is 2.12. The van der Waals surface area contributed by atoms with Gasteiger partial charge in [0.15, 0.2) is 9.47 Å². The molecule has 10 heteroatoms. The van der Waals surface area contributed by atoms with Gasteiger partial charge >= 0.3 is 5.97 Å². The summed E-state index contributed by atoms with van der Waals surface area (Å²) in [7, 11) is 1.34. The lowest BCUT2D eigenvalue weighted by Crippen LogP contribution is -2.13. The number of rotatable bonds is 5. The van der Waals surface area contributed by atoms with E-state index in [-0.39, 0.29) is 11.7 Å². The number of anilines is 1. The van der Waals surface area contributed by atoms with Crippen molar-refractivity contribution in [1.29, 1.82) is 0 Å². The zero-order valence-electron chi connectivity index (χ0n) is 12.7. The van der Waals surface area contributed by atoms with E-state index in [0.29, 0.717) is 10.7 Å². The molecule has 0 fully saturated rings. The lowest BCUT2D eigenvalue weighted by molar-refractivity contribution is -0.113. The molecular weight excluding hydrogens is 368 g/mol. The summed E-state index contributed by atoms with van der Waals surface area (Å²) < 4.78 is 6.26. The van der Waals surface area contributed by atoms with Gasteiger partial charge in [-0.3, -0.25) is 4.79 Å². The first-order valence-corrected chi connectivity index (χ1v) is 9.38. The van der Waals surface area contributed by atoms with Gasteiger partial charge < -0.3 is 10.1 Å². The number of aryl methyl sites for hydroxylation is 1. The van der Waals surface area contributed by atoms with Gasteiger partial charge in [-0.25, -0.2) is 9.78 Å². The lowest BCUT2D eigenvalue weighted by Gasteiger charge is -1.98. The number of hydrogen-bond acceptors (Lipinski definition) is 9. The van der Waals surface area contributed by atoms with Crippen molar-refractivity contribution in [2.24, 2.45) is 0 Å². The van der Waals surface area contributed by atoms with Crippen LogP contribution >= 0.6 is 34.4 Å². The van der Waals surface area contributed by atoms with Crippen LogP contribution in [0.4, 0.5) is 5.13 Å². The van der Waals surface area contributed by atoms with Crippen molar-refractivity contribution in [2.75, 3.05) is 18.2 Å². The van der Waals surface area contributed by atoms with Gasteiger partial charge in [0.25, 0.3) is 0 Å². The highest BCUT2D eigenvalue weighted by atomic mass is 32.2. The van der Waals surface area contributed by atoms with E-state index in [1.165, 1.54) is 41.5 Å². The van der Waals surface area contributed by atoms with Crippen LogP contribution in [0.15, 0.2) is 22.5 Å². The van der Waals surface area contributed by atoms with Gasteiger partial charge in [0, 0.05) is 0 Å². The number of methoxy groups -OCH3 is 1. The van der Waals surface area contributed by atoms with Crippen LogP contribution in [0, 0.1) is 6.92 Å². The highest BCUT2D eigenvalue weighted by molar-refractivity contribution is 8.01. The Labute approximate surface area is 149 Å². The number of nitrogens with one attached hydrogen (secondary N) is 1. The predicted molar refractivity (Wildman–Crippen MR) is 95.0 cm³/mol. The van der Waals surface area contributed by atoms with Gasteiger partial charge in [0.05, 0.1) is 28.6 Å². The summed E-state index contributed by atoms with van der Waals surface area (Å²) in [5.41, 5.74) is 1.17. The molecule has 3 aromatic rings. The largest absolute Gasteiger partial charge is 0.465 e. The third kappa shape index (κ3) is 3.89. The van der Waals surface area contributed by atoms with Crippen LogP contribution in [0.3, 0.4) is 0 Å². The van der Waals surface area contributed by atoms with Gasteiger partial charge in [-0.1, -0.05) is 34.4 Å². The van der Waals surface area contributed by atoms with Gasteiger partial charge in [-0.15, -0.1) is 10.2 Å².